The van der Waals surface area contributed by atoms with Crippen molar-refractivity contribution in [3.63, 3.8) is 0 Å². The fraction of sp³-hybridized carbons (Fsp3) is 0.400. The summed E-state index contributed by atoms with van der Waals surface area (Å²) in [5.41, 5.74) is 1.03. The molecule has 0 radical (unpaired) electrons. The average Bonchev–Trinajstić information content (AvgIpc) is 2.04. The number of nitrogens with zero attached hydrogens (tertiary/aromatic N) is 1. The minimum Gasteiger partial charge on any atom is -0.314 e. The van der Waals surface area contributed by atoms with Gasteiger partial charge in [-0.2, -0.15) is 5.06 Å². The Morgan fingerprint density at radius 1 is 1.38 bits per heavy atom. The Morgan fingerprint density at radius 3 is 2.38 bits per heavy atom. The van der Waals surface area contributed by atoms with Crippen LogP contribution in [0.3, 0.4) is 0 Å². The van der Waals surface area contributed by atoms with Gasteiger partial charge in [0.1, 0.15) is 5.82 Å². The van der Waals surface area contributed by atoms with Gasteiger partial charge in [0, 0.05) is 13.6 Å². The van der Waals surface area contributed by atoms with Crippen LogP contribution in [0.5, 0.6) is 0 Å². The van der Waals surface area contributed by atoms with Gasteiger partial charge in [-0.3, -0.25) is 0 Å². The summed E-state index contributed by atoms with van der Waals surface area (Å²) < 4.78 is 12.6. The summed E-state index contributed by atoms with van der Waals surface area (Å²) in [6.07, 6.45) is 0. The number of benzene rings is 1. The molecule has 1 N–H and O–H groups in total. The number of hydrogen-bond donors (Lipinski definition) is 1. The van der Waals surface area contributed by atoms with Crippen LogP contribution in [0, 0.1) is 5.82 Å². The van der Waals surface area contributed by atoms with Crippen LogP contribution in [0.2, 0.25) is 0 Å². The van der Waals surface area contributed by atoms with Crippen LogP contribution >= 0.6 is 0 Å². The smallest absolute Gasteiger partial charge is 0.123 e. The monoisotopic (exact) mass is 183 g/mol. The van der Waals surface area contributed by atoms with E-state index < -0.39 is 0 Å². The number of rotatable bonds is 3. The van der Waals surface area contributed by atoms with Crippen molar-refractivity contribution in [2.45, 2.75) is 12.8 Å². The van der Waals surface area contributed by atoms with Crippen molar-refractivity contribution in [1.29, 1.82) is 0 Å². The van der Waals surface area contributed by atoms with Gasteiger partial charge >= 0.3 is 0 Å². The highest BCUT2D eigenvalue weighted by Gasteiger charge is 2.06. The molecule has 0 fully saturated rings. The summed E-state index contributed by atoms with van der Waals surface area (Å²) in [5.74, 6) is -0.0242. The first-order chi connectivity index (χ1) is 6.09. The Balaban J connectivity index is 2.66. The van der Waals surface area contributed by atoms with E-state index in [4.69, 9.17) is 5.21 Å². The highest BCUT2D eigenvalue weighted by molar-refractivity contribution is 5.19. The Bertz CT molecular complexity index is 258. The molecule has 0 bridgehead atoms. The molecule has 13 heavy (non-hydrogen) atoms. The second-order valence-electron chi connectivity index (χ2n) is 3.29. The molecular formula is C10H14FNO. The molecule has 1 rings (SSSR count). The number of halogens is 1. The first-order valence-corrected chi connectivity index (χ1v) is 4.25. The molecule has 1 unspecified atom stereocenters. The summed E-state index contributed by atoms with van der Waals surface area (Å²) in [7, 11) is 1.60. The largest absolute Gasteiger partial charge is 0.314 e. The van der Waals surface area contributed by atoms with E-state index >= 15 is 0 Å². The highest BCUT2D eigenvalue weighted by atomic mass is 19.1. The lowest BCUT2D eigenvalue weighted by Gasteiger charge is -2.15. The van der Waals surface area contributed by atoms with E-state index in [-0.39, 0.29) is 11.7 Å². The quantitative estimate of drug-likeness (QED) is 0.726. The van der Waals surface area contributed by atoms with Gasteiger partial charge in [-0.25, -0.2) is 4.39 Å². The molecule has 3 heteroatoms. The molecule has 0 aliphatic heterocycles. The maximum absolute atomic E-state index is 12.6. The van der Waals surface area contributed by atoms with Crippen LogP contribution in [0.15, 0.2) is 24.3 Å². The third-order valence-electron chi connectivity index (χ3n) is 1.98. The van der Waals surface area contributed by atoms with Gasteiger partial charge in [-0.1, -0.05) is 19.1 Å². The lowest BCUT2D eigenvalue weighted by molar-refractivity contribution is -0.0681. The van der Waals surface area contributed by atoms with Gasteiger partial charge < -0.3 is 5.21 Å². The van der Waals surface area contributed by atoms with Crippen molar-refractivity contribution in [1.82, 2.24) is 5.06 Å². The SMILES string of the molecule is CC(CN(C)O)c1ccc(F)cc1. The third kappa shape index (κ3) is 3.13. The minimum atomic E-state index is -0.228. The van der Waals surface area contributed by atoms with Crippen LogP contribution in [0.1, 0.15) is 18.4 Å². The zero-order valence-corrected chi connectivity index (χ0v) is 7.87. The predicted octanol–water partition coefficient (Wildman–Crippen LogP) is 2.25. The van der Waals surface area contributed by atoms with E-state index in [1.807, 2.05) is 6.92 Å². The molecule has 0 heterocycles. The maximum Gasteiger partial charge on any atom is 0.123 e. The van der Waals surface area contributed by atoms with Crippen LogP contribution in [-0.4, -0.2) is 23.9 Å². The van der Waals surface area contributed by atoms with Gasteiger partial charge in [0.2, 0.25) is 0 Å². The van der Waals surface area contributed by atoms with E-state index in [1.54, 1.807) is 19.2 Å². The van der Waals surface area contributed by atoms with Gasteiger partial charge in [-0.05, 0) is 23.6 Å². The van der Waals surface area contributed by atoms with Crippen LogP contribution in [0.25, 0.3) is 0 Å². The Labute approximate surface area is 77.6 Å². The lowest BCUT2D eigenvalue weighted by atomic mass is 10.0. The standard InChI is InChI=1S/C10H14FNO/c1-8(7-12(2)13)9-3-5-10(11)6-4-9/h3-6,8,13H,7H2,1-2H3. The average molecular weight is 183 g/mol. The van der Waals surface area contributed by atoms with Crippen molar-refractivity contribution in [2.24, 2.45) is 0 Å². The Kier molecular flexibility index (Phi) is 3.39. The van der Waals surface area contributed by atoms with E-state index in [9.17, 15) is 4.39 Å². The highest BCUT2D eigenvalue weighted by Crippen LogP contribution is 2.15. The lowest BCUT2D eigenvalue weighted by Crippen LogP contribution is -2.19. The first kappa shape index (κ1) is 10.2. The maximum atomic E-state index is 12.6. The topological polar surface area (TPSA) is 23.5 Å². The van der Waals surface area contributed by atoms with E-state index in [2.05, 4.69) is 0 Å². The van der Waals surface area contributed by atoms with E-state index in [1.165, 1.54) is 12.1 Å². The summed E-state index contributed by atoms with van der Waals surface area (Å²) in [4.78, 5) is 0. The van der Waals surface area contributed by atoms with Crippen molar-refractivity contribution < 1.29 is 9.60 Å². The molecule has 0 aromatic heterocycles. The third-order valence-corrected chi connectivity index (χ3v) is 1.98. The molecule has 0 aliphatic rings. The molecular weight excluding hydrogens is 169 g/mol. The molecule has 72 valence electrons. The second-order valence-corrected chi connectivity index (χ2v) is 3.29. The fourth-order valence-corrected chi connectivity index (χ4v) is 1.29. The molecule has 2 nitrogen and oxygen atoms in total. The van der Waals surface area contributed by atoms with E-state index in [0.717, 1.165) is 10.6 Å². The van der Waals surface area contributed by atoms with Crippen molar-refractivity contribution in [3.8, 4) is 0 Å². The predicted molar refractivity (Wildman–Crippen MR) is 49.2 cm³/mol. The second kappa shape index (κ2) is 4.35. The molecule has 1 aromatic carbocycles. The Morgan fingerprint density at radius 2 is 1.92 bits per heavy atom. The molecule has 1 atom stereocenters. The van der Waals surface area contributed by atoms with Crippen molar-refractivity contribution in [2.75, 3.05) is 13.6 Å². The Hall–Kier alpha value is -0.930. The van der Waals surface area contributed by atoms with Crippen molar-refractivity contribution in [3.05, 3.63) is 35.6 Å². The van der Waals surface area contributed by atoms with Gasteiger partial charge in [0.15, 0.2) is 0 Å². The van der Waals surface area contributed by atoms with Gasteiger partial charge in [0.05, 0.1) is 0 Å². The molecule has 0 saturated heterocycles. The molecule has 0 saturated carbocycles. The molecule has 0 aliphatic carbocycles. The van der Waals surface area contributed by atoms with Crippen LogP contribution in [0.4, 0.5) is 4.39 Å². The zero-order chi connectivity index (χ0) is 9.84. The van der Waals surface area contributed by atoms with Gasteiger partial charge in [-0.15, -0.1) is 0 Å². The molecule has 0 spiro atoms. The number of likely N-dealkylation sites (N-methyl/N-ethyl adjacent to an activating group) is 1. The number of hydroxylamine groups is 2. The van der Waals surface area contributed by atoms with Crippen LogP contribution in [-0.2, 0) is 0 Å². The van der Waals surface area contributed by atoms with Crippen molar-refractivity contribution >= 4 is 0 Å². The molecule has 1 aromatic rings. The van der Waals surface area contributed by atoms with Gasteiger partial charge in [0.25, 0.3) is 0 Å². The zero-order valence-electron chi connectivity index (χ0n) is 7.87. The first-order valence-electron chi connectivity index (χ1n) is 4.25. The summed E-state index contributed by atoms with van der Waals surface area (Å²) in [6, 6.07) is 6.35. The summed E-state index contributed by atoms with van der Waals surface area (Å²) >= 11 is 0. The normalized spacial score (nSPS) is 13.3. The summed E-state index contributed by atoms with van der Waals surface area (Å²) in [6.45, 7) is 2.53. The fourth-order valence-electron chi connectivity index (χ4n) is 1.29. The van der Waals surface area contributed by atoms with Crippen LogP contribution < -0.4 is 0 Å². The number of hydrogen-bond acceptors (Lipinski definition) is 2. The summed E-state index contributed by atoms with van der Waals surface area (Å²) in [5, 5.41) is 10.1. The van der Waals surface area contributed by atoms with E-state index in [0.29, 0.717) is 6.54 Å². The molecule has 0 amide bonds. The minimum absolute atomic E-state index is 0.204.